The van der Waals surface area contributed by atoms with Crippen molar-refractivity contribution in [1.29, 1.82) is 0 Å². The molecule has 1 unspecified atom stereocenters. The van der Waals surface area contributed by atoms with E-state index in [0.717, 1.165) is 23.6 Å². The summed E-state index contributed by atoms with van der Waals surface area (Å²) in [6, 6.07) is 2.00. The van der Waals surface area contributed by atoms with Crippen LogP contribution in [-0.2, 0) is 16.6 Å². The lowest BCUT2D eigenvalue weighted by atomic mass is 9.97. The summed E-state index contributed by atoms with van der Waals surface area (Å²) in [4.78, 5) is 12.1. The predicted molar refractivity (Wildman–Crippen MR) is 74.9 cm³/mol. The zero-order valence-corrected chi connectivity index (χ0v) is 12.5. The Hall–Kier alpha value is -1.01. The molecule has 1 saturated carbocycles. The Morgan fingerprint density at radius 2 is 2.37 bits per heavy atom. The van der Waals surface area contributed by atoms with E-state index in [2.05, 4.69) is 5.10 Å². The fourth-order valence-electron chi connectivity index (χ4n) is 2.12. The first kappa shape index (κ1) is 14.4. The maximum absolute atomic E-state index is 12.1. The lowest BCUT2D eigenvalue weighted by molar-refractivity contribution is -0.149. The van der Waals surface area contributed by atoms with Crippen molar-refractivity contribution in [3.63, 3.8) is 0 Å². The summed E-state index contributed by atoms with van der Waals surface area (Å²) in [5.74, 6) is 0.521. The van der Waals surface area contributed by atoms with Gasteiger partial charge in [0.25, 0.3) is 0 Å². The Bertz CT molecular complexity index is 470. The zero-order valence-electron chi connectivity index (χ0n) is 11.7. The average molecular weight is 283 g/mol. The van der Waals surface area contributed by atoms with Crippen LogP contribution in [0.4, 0.5) is 0 Å². The molecule has 0 amide bonds. The van der Waals surface area contributed by atoms with Crippen LogP contribution in [0, 0.1) is 12.8 Å². The number of esters is 1. The molecular formula is C13H21N3O2S. The molecule has 0 bridgehead atoms. The van der Waals surface area contributed by atoms with E-state index in [1.165, 1.54) is 0 Å². The van der Waals surface area contributed by atoms with Crippen molar-refractivity contribution < 1.29 is 9.53 Å². The van der Waals surface area contributed by atoms with Crippen molar-refractivity contribution in [2.45, 2.75) is 37.3 Å². The number of hydrogen-bond donors (Lipinski definition) is 1. The topological polar surface area (TPSA) is 70.1 Å². The van der Waals surface area contributed by atoms with Crippen LogP contribution >= 0.6 is 11.8 Å². The van der Waals surface area contributed by atoms with Crippen LogP contribution in [0.3, 0.4) is 0 Å². The molecule has 1 aliphatic rings. The molecule has 1 fully saturated rings. The van der Waals surface area contributed by atoms with Crippen LogP contribution in [0.1, 0.15) is 25.5 Å². The highest BCUT2D eigenvalue weighted by Crippen LogP contribution is 2.41. The summed E-state index contributed by atoms with van der Waals surface area (Å²) in [6.45, 7) is 4.13. The fourth-order valence-corrected chi connectivity index (χ4v) is 3.34. The summed E-state index contributed by atoms with van der Waals surface area (Å²) in [5.41, 5.74) is 6.42. The number of ether oxygens (including phenoxy) is 1. The van der Waals surface area contributed by atoms with E-state index in [-0.39, 0.29) is 11.9 Å². The summed E-state index contributed by atoms with van der Waals surface area (Å²) in [7, 11) is 1.90. The molecule has 6 heteroatoms. The molecule has 1 heterocycles. The number of aryl methyl sites for hydroxylation is 2. The van der Waals surface area contributed by atoms with Gasteiger partial charge in [-0.05, 0) is 38.7 Å². The normalized spacial score (nSPS) is 18.1. The highest BCUT2D eigenvalue weighted by atomic mass is 32.2. The number of rotatable bonds is 6. The first-order valence-corrected chi connectivity index (χ1v) is 7.55. The Morgan fingerprint density at radius 3 is 2.84 bits per heavy atom. The molecule has 1 aromatic rings. The van der Waals surface area contributed by atoms with Gasteiger partial charge in [0.05, 0.1) is 17.3 Å². The van der Waals surface area contributed by atoms with Crippen LogP contribution in [0.15, 0.2) is 11.1 Å². The number of thioether (sulfide) groups is 1. The van der Waals surface area contributed by atoms with E-state index in [0.29, 0.717) is 12.4 Å². The van der Waals surface area contributed by atoms with Crippen molar-refractivity contribution >= 4 is 17.7 Å². The zero-order chi connectivity index (χ0) is 14.0. The van der Waals surface area contributed by atoms with E-state index in [1.54, 1.807) is 11.8 Å². The Morgan fingerprint density at radius 1 is 1.68 bits per heavy atom. The fraction of sp³-hybridized carbons (Fsp3) is 0.692. The molecule has 5 nitrogen and oxygen atoms in total. The third-order valence-electron chi connectivity index (χ3n) is 3.38. The van der Waals surface area contributed by atoms with Gasteiger partial charge in [-0.15, -0.1) is 11.8 Å². The largest absolute Gasteiger partial charge is 0.465 e. The van der Waals surface area contributed by atoms with Crippen molar-refractivity contribution in [2.24, 2.45) is 18.7 Å². The maximum Gasteiger partial charge on any atom is 0.327 e. The molecule has 0 aliphatic heterocycles. The Balaban J connectivity index is 2.05. The lowest BCUT2D eigenvalue weighted by Gasteiger charge is -2.26. The van der Waals surface area contributed by atoms with Gasteiger partial charge in [0, 0.05) is 12.8 Å². The van der Waals surface area contributed by atoms with Crippen LogP contribution < -0.4 is 5.73 Å². The van der Waals surface area contributed by atoms with Gasteiger partial charge in [0.1, 0.15) is 5.54 Å². The smallest absolute Gasteiger partial charge is 0.327 e. The molecule has 19 heavy (non-hydrogen) atoms. The molecule has 1 aromatic heterocycles. The number of carbonyl (C=O) groups excluding carboxylic acids is 1. The van der Waals surface area contributed by atoms with Gasteiger partial charge in [-0.3, -0.25) is 9.48 Å². The van der Waals surface area contributed by atoms with E-state index < -0.39 is 5.54 Å². The van der Waals surface area contributed by atoms with Crippen LogP contribution in [0.5, 0.6) is 0 Å². The minimum absolute atomic E-state index is 0.258. The third-order valence-corrected chi connectivity index (χ3v) is 4.68. The van der Waals surface area contributed by atoms with E-state index in [4.69, 9.17) is 10.5 Å². The monoisotopic (exact) mass is 283 g/mol. The third kappa shape index (κ3) is 3.12. The van der Waals surface area contributed by atoms with E-state index in [9.17, 15) is 4.79 Å². The molecule has 0 saturated heterocycles. The van der Waals surface area contributed by atoms with Crippen molar-refractivity contribution in [3.05, 3.63) is 11.8 Å². The summed E-state index contributed by atoms with van der Waals surface area (Å²) >= 11 is 1.57. The van der Waals surface area contributed by atoms with Gasteiger partial charge in [0.2, 0.25) is 0 Å². The molecule has 0 spiro atoms. The SMILES string of the molecule is CCOC(=O)C(N)(CSc1cc(C)nn1C)C1CC1. The van der Waals surface area contributed by atoms with Crippen LogP contribution in [0.25, 0.3) is 0 Å². The van der Waals surface area contributed by atoms with Gasteiger partial charge < -0.3 is 10.5 Å². The summed E-state index contributed by atoms with van der Waals surface area (Å²) in [5, 5.41) is 5.32. The average Bonchev–Trinajstić information content (AvgIpc) is 3.14. The second-order valence-electron chi connectivity index (χ2n) is 5.07. The number of aromatic nitrogens is 2. The minimum atomic E-state index is -0.862. The number of nitrogens with zero attached hydrogens (tertiary/aromatic N) is 2. The Kier molecular flexibility index (Phi) is 4.20. The number of hydrogen-bond acceptors (Lipinski definition) is 5. The summed E-state index contributed by atoms with van der Waals surface area (Å²) < 4.78 is 6.95. The van der Waals surface area contributed by atoms with Crippen molar-refractivity contribution in [1.82, 2.24) is 9.78 Å². The molecule has 106 valence electrons. The standard InChI is InChI=1S/C13H21N3O2S/c1-4-18-12(17)13(14,10-5-6-10)8-19-11-7-9(2)15-16(11)3/h7,10H,4-6,8,14H2,1-3H3. The second kappa shape index (κ2) is 5.54. The molecule has 1 atom stereocenters. The minimum Gasteiger partial charge on any atom is -0.465 e. The predicted octanol–water partition coefficient (Wildman–Crippen LogP) is 1.49. The van der Waals surface area contributed by atoms with Crippen molar-refractivity contribution in [2.75, 3.05) is 12.4 Å². The maximum atomic E-state index is 12.1. The van der Waals surface area contributed by atoms with Crippen molar-refractivity contribution in [3.8, 4) is 0 Å². The molecule has 1 aliphatic carbocycles. The van der Waals surface area contributed by atoms with E-state index >= 15 is 0 Å². The molecule has 2 rings (SSSR count). The summed E-state index contributed by atoms with van der Waals surface area (Å²) in [6.07, 6.45) is 2.03. The van der Waals surface area contributed by atoms with Gasteiger partial charge in [-0.1, -0.05) is 0 Å². The van der Waals surface area contributed by atoms with Gasteiger partial charge >= 0.3 is 5.97 Å². The molecule has 0 aromatic carbocycles. The van der Waals surface area contributed by atoms with Gasteiger partial charge in [-0.25, -0.2) is 0 Å². The molecule has 2 N–H and O–H groups in total. The van der Waals surface area contributed by atoms with Gasteiger partial charge in [0.15, 0.2) is 0 Å². The van der Waals surface area contributed by atoms with E-state index in [1.807, 2.05) is 31.6 Å². The number of carbonyl (C=O) groups is 1. The highest BCUT2D eigenvalue weighted by molar-refractivity contribution is 7.99. The second-order valence-corrected chi connectivity index (χ2v) is 6.07. The van der Waals surface area contributed by atoms with Gasteiger partial charge in [-0.2, -0.15) is 5.10 Å². The first-order chi connectivity index (χ1) is 8.97. The quantitative estimate of drug-likeness (QED) is 0.633. The van der Waals surface area contributed by atoms with Crippen LogP contribution in [-0.4, -0.2) is 33.6 Å². The Labute approximate surface area is 117 Å². The van der Waals surface area contributed by atoms with Crippen LogP contribution in [0.2, 0.25) is 0 Å². The number of nitrogens with two attached hydrogens (primary N) is 1. The highest BCUT2D eigenvalue weighted by Gasteiger charge is 2.49. The lowest BCUT2D eigenvalue weighted by Crippen LogP contribution is -2.53. The first-order valence-electron chi connectivity index (χ1n) is 6.57. The molecule has 0 radical (unpaired) electrons. The molecular weight excluding hydrogens is 262 g/mol.